The smallest absolute Gasteiger partial charge is 0.241 e. The number of para-hydroxylation sites is 1. The third-order valence-corrected chi connectivity index (χ3v) is 4.64. The van der Waals surface area contributed by atoms with Crippen LogP contribution in [0.4, 0.5) is 5.69 Å². The fraction of sp³-hybridized carbons (Fsp3) is 0.278. The van der Waals surface area contributed by atoms with Gasteiger partial charge in [-0.05, 0) is 42.8 Å². The van der Waals surface area contributed by atoms with Crippen molar-refractivity contribution in [2.75, 3.05) is 25.0 Å². The Bertz CT molecular complexity index is 733. The van der Waals surface area contributed by atoms with Crippen molar-refractivity contribution >= 4 is 34.8 Å². The number of fused-ring (bicyclic) bond motifs is 1. The lowest BCUT2D eigenvalue weighted by Gasteiger charge is -2.22. The van der Waals surface area contributed by atoms with Gasteiger partial charge in [-0.3, -0.25) is 9.69 Å². The van der Waals surface area contributed by atoms with E-state index in [4.69, 9.17) is 23.2 Å². The van der Waals surface area contributed by atoms with Crippen LogP contribution in [0.15, 0.2) is 42.5 Å². The van der Waals surface area contributed by atoms with Gasteiger partial charge in [0.2, 0.25) is 5.91 Å². The maximum Gasteiger partial charge on any atom is 0.241 e. The molecule has 3 nitrogen and oxygen atoms in total. The molecule has 2 aromatic rings. The van der Waals surface area contributed by atoms with Crippen molar-refractivity contribution in [3.8, 4) is 0 Å². The van der Waals surface area contributed by atoms with Crippen LogP contribution in [0.1, 0.15) is 11.1 Å². The van der Waals surface area contributed by atoms with Crippen molar-refractivity contribution in [2.45, 2.75) is 13.0 Å². The van der Waals surface area contributed by atoms with Gasteiger partial charge >= 0.3 is 0 Å². The highest BCUT2D eigenvalue weighted by Crippen LogP contribution is 2.27. The van der Waals surface area contributed by atoms with E-state index in [0.717, 1.165) is 24.2 Å². The van der Waals surface area contributed by atoms with E-state index in [2.05, 4.69) is 6.07 Å². The normalized spacial score (nSPS) is 13.5. The molecule has 5 heteroatoms. The molecule has 23 heavy (non-hydrogen) atoms. The summed E-state index contributed by atoms with van der Waals surface area (Å²) in [7, 11) is 1.92. The Balaban J connectivity index is 1.64. The third kappa shape index (κ3) is 3.69. The predicted molar refractivity (Wildman–Crippen MR) is 95.3 cm³/mol. The first-order valence-electron chi connectivity index (χ1n) is 7.55. The maximum atomic E-state index is 12.6. The van der Waals surface area contributed by atoms with Crippen molar-refractivity contribution in [3.05, 3.63) is 63.6 Å². The Hall–Kier alpha value is -1.55. The van der Waals surface area contributed by atoms with E-state index in [1.807, 2.05) is 47.2 Å². The Kier molecular flexibility index (Phi) is 4.90. The van der Waals surface area contributed by atoms with E-state index in [0.29, 0.717) is 23.1 Å². The number of hydrogen-bond acceptors (Lipinski definition) is 2. The summed E-state index contributed by atoms with van der Waals surface area (Å²) in [6.07, 6.45) is 0.925. The van der Waals surface area contributed by atoms with Gasteiger partial charge < -0.3 is 4.90 Å². The molecule has 0 saturated heterocycles. The number of benzene rings is 2. The average Bonchev–Trinajstić information content (AvgIpc) is 2.94. The predicted octanol–water partition coefficient (Wildman–Crippen LogP) is 4.01. The molecule has 0 fully saturated rings. The summed E-state index contributed by atoms with van der Waals surface area (Å²) in [6.45, 7) is 1.72. The topological polar surface area (TPSA) is 23.6 Å². The summed E-state index contributed by atoms with van der Waals surface area (Å²) in [5.41, 5.74) is 3.24. The second-order valence-corrected chi connectivity index (χ2v) is 6.68. The third-order valence-electron chi connectivity index (χ3n) is 4.05. The van der Waals surface area contributed by atoms with Gasteiger partial charge in [0.25, 0.3) is 0 Å². The number of halogens is 2. The number of anilines is 1. The van der Waals surface area contributed by atoms with Gasteiger partial charge in [0.05, 0.1) is 6.54 Å². The fourth-order valence-electron chi connectivity index (χ4n) is 2.91. The number of nitrogens with zero attached hydrogens (tertiary/aromatic N) is 2. The first-order valence-corrected chi connectivity index (χ1v) is 8.31. The number of likely N-dealkylation sites (N-methyl/N-ethyl adjacent to an activating group) is 1. The van der Waals surface area contributed by atoms with Crippen LogP contribution in [-0.2, 0) is 17.8 Å². The van der Waals surface area contributed by atoms with Crippen molar-refractivity contribution in [1.29, 1.82) is 0 Å². The van der Waals surface area contributed by atoms with Crippen molar-refractivity contribution < 1.29 is 4.79 Å². The van der Waals surface area contributed by atoms with Crippen LogP contribution in [0.3, 0.4) is 0 Å². The number of rotatable bonds is 4. The number of hydrogen-bond donors (Lipinski definition) is 0. The molecular formula is C18H18Cl2N2O. The first-order chi connectivity index (χ1) is 11.0. The Morgan fingerprint density at radius 2 is 2.00 bits per heavy atom. The summed E-state index contributed by atoms with van der Waals surface area (Å²) < 4.78 is 0. The minimum atomic E-state index is 0.113. The minimum Gasteiger partial charge on any atom is -0.311 e. The Morgan fingerprint density at radius 3 is 2.78 bits per heavy atom. The van der Waals surface area contributed by atoms with Crippen LogP contribution >= 0.6 is 23.2 Å². The van der Waals surface area contributed by atoms with Crippen molar-refractivity contribution in [1.82, 2.24) is 4.90 Å². The zero-order chi connectivity index (χ0) is 16.4. The van der Waals surface area contributed by atoms with E-state index in [9.17, 15) is 4.79 Å². The van der Waals surface area contributed by atoms with Crippen LogP contribution < -0.4 is 4.90 Å². The molecule has 0 bridgehead atoms. The Morgan fingerprint density at radius 1 is 1.22 bits per heavy atom. The number of amides is 1. The van der Waals surface area contributed by atoms with Crippen molar-refractivity contribution in [2.24, 2.45) is 0 Å². The molecule has 1 amide bonds. The van der Waals surface area contributed by atoms with Gasteiger partial charge in [0, 0.05) is 28.8 Å². The van der Waals surface area contributed by atoms with Crippen LogP contribution in [0.25, 0.3) is 0 Å². The summed E-state index contributed by atoms with van der Waals surface area (Å²) in [5, 5.41) is 1.24. The van der Waals surface area contributed by atoms with E-state index in [-0.39, 0.29) is 5.91 Å². The van der Waals surface area contributed by atoms with Gasteiger partial charge in [-0.2, -0.15) is 0 Å². The molecular weight excluding hydrogens is 331 g/mol. The molecule has 120 valence electrons. The largest absolute Gasteiger partial charge is 0.311 e. The molecule has 1 aliphatic rings. The first kappa shape index (κ1) is 16.3. The molecule has 0 unspecified atom stereocenters. The van der Waals surface area contributed by atoms with Crippen molar-refractivity contribution in [3.63, 3.8) is 0 Å². The fourth-order valence-corrected chi connectivity index (χ4v) is 3.38. The lowest BCUT2D eigenvalue weighted by molar-refractivity contribution is -0.119. The quantitative estimate of drug-likeness (QED) is 0.833. The van der Waals surface area contributed by atoms with Crippen LogP contribution in [0, 0.1) is 0 Å². The average molecular weight is 349 g/mol. The molecule has 2 aromatic carbocycles. The minimum absolute atomic E-state index is 0.113. The molecule has 3 rings (SSSR count). The van der Waals surface area contributed by atoms with Gasteiger partial charge in [0.15, 0.2) is 0 Å². The van der Waals surface area contributed by atoms with E-state index >= 15 is 0 Å². The van der Waals surface area contributed by atoms with Crippen LogP contribution in [-0.4, -0.2) is 30.9 Å². The molecule has 1 aliphatic heterocycles. The number of carbonyl (C=O) groups is 1. The highest BCUT2D eigenvalue weighted by atomic mass is 35.5. The highest BCUT2D eigenvalue weighted by Gasteiger charge is 2.24. The highest BCUT2D eigenvalue weighted by molar-refractivity contribution is 6.35. The van der Waals surface area contributed by atoms with Gasteiger partial charge in [-0.1, -0.05) is 47.5 Å². The molecule has 0 saturated carbocycles. The lowest BCUT2D eigenvalue weighted by atomic mass is 10.2. The molecule has 0 N–H and O–H groups in total. The molecule has 0 aromatic heterocycles. The number of carbonyl (C=O) groups excluding carboxylic acids is 1. The van der Waals surface area contributed by atoms with Gasteiger partial charge in [0.1, 0.15) is 0 Å². The lowest BCUT2D eigenvalue weighted by Crippen LogP contribution is -2.37. The maximum absolute atomic E-state index is 12.6. The zero-order valence-electron chi connectivity index (χ0n) is 12.9. The molecule has 0 spiro atoms. The van der Waals surface area contributed by atoms with E-state index < -0.39 is 0 Å². The summed E-state index contributed by atoms with van der Waals surface area (Å²) in [4.78, 5) is 16.4. The summed E-state index contributed by atoms with van der Waals surface area (Å²) >= 11 is 12.1. The Labute approximate surface area is 146 Å². The SMILES string of the molecule is CN(CC(=O)N1CCc2ccccc21)Cc1ccc(Cl)cc1Cl. The zero-order valence-corrected chi connectivity index (χ0v) is 14.4. The van der Waals surface area contributed by atoms with E-state index in [1.54, 1.807) is 6.07 Å². The van der Waals surface area contributed by atoms with Gasteiger partial charge in [-0.15, -0.1) is 0 Å². The summed E-state index contributed by atoms with van der Waals surface area (Å²) in [6, 6.07) is 13.5. The van der Waals surface area contributed by atoms with E-state index in [1.165, 1.54) is 5.56 Å². The van der Waals surface area contributed by atoms with Crippen LogP contribution in [0.2, 0.25) is 10.0 Å². The second-order valence-electron chi connectivity index (χ2n) is 5.83. The van der Waals surface area contributed by atoms with Gasteiger partial charge in [-0.25, -0.2) is 0 Å². The van der Waals surface area contributed by atoms with Crippen LogP contribution in [0.5, 0.6) is 0 Å². The monoisotopic (exact) mass is 348 g/mol. The summed E-state index contributed by atoms with van der Waals surface area (Å²) in [5.74, 6) is 0.113. The standard InChI is InChI=1S/C18H18Cl2N2O/c1-21(11-14-6-7-15(19)10-16(14)20)12-18(23)22-9-8-13-4-2-3-5-17(13)22/h2-7,10H,8-9,11-12H2,1H3. The molecule has 1 heterocycles. The molecule has 0 radical (unpaired) electrons. The molecule has 0 aliphatic carbocycles. The molecule has 0 atom stereocenters. The second kappa shape index (κ2) is 6.91.